The van der Waals surface area contributed by atoms with Crippen molar-refractivity contribution >= 4 is 24.0 Å². The number of rotatable bonds is 7. The van der Waals surface area contributed by atoms with Gasteiger partial charge in [0.2, 0.25) is 5.91 Å². The van der Waals surface area contributed by atoms with Crippen LogP contribution in [0.25, 0.3) is 0 Å². The van der Waals surface area contributed by atoms with Gasteiger partial charge in [0.1, 0.15) is 0 Å². The van der Waals surface area contributed by atoms with Gasteiger partial charge in [-0.05, 0) is 25.0 Å². The second-order valence-electron chi connectivity index (χ2n) is 4.92. The molecule has 0 bridgehead atoms. The lowest BCUT2D eigenvalue weighted by molar-refractivity contribution is -0.116. The second-order valence-corrected chi connectivity index (χ2v) is 4.92. The van der Waals surface area contributed by atoms with Crippen LogP contribution >= 0.6 is 12.4 Å². The number of aliphatic hydroxyl groups is 3. The van der Waals surface area contributed by atoms with Gasteiger partial charge in [0, 0.05) is 5.69 Å². The first-order chi connectivity index (χ1) is 9.48. The van der Waals surface area contributed by atoms with Gasteiger partial charge in [-0.3, -0.25) is 10.1 Å². The molecule has 6 nitrogen and oxygen atoms in total. The van der Waals surface area contributed by atoms with Gasteiger partial charge in [-0.15, -0.1) is 12.4 Å². The molecule has 0 unspecified atom stereocenters. The standard InChI is InChI=1S/C14H22N2O4.ClH/c1-10-4-3-5-11(2)13(10)16-12(20)6-15-14(7-17,8-18)9-19;/h3-5,15,17-19H,6-9H2,1-2H3,(H,16,20);1H. The molecule has 0 spiro atoms. The van der Waals surface area contributed by atoms with Crippen LogP contribution in [-0.4, -0.2) is 53.1 Å². The Morgan fingerprint density at radius 3 is 2.00 bits per heavy atom. The first-order valence-corrected chi connectivity index (χ1v) is 6.41. The van der Waals surface area contributed by atoms with E-state index in [1.807, 2.05) is 32.0 Å². The Bertz CT molecular complexity index is 436. The molecule has 0 atom stereocenters. The van der Waals surface area contributed by atoms with Crippen molar-refractivity contribution in [2.24, 2.45) is 0 Å². The molecule has 1 rings (SSSR count). The van der Waals surface area contributed by atoms with E-state index < -0.39 is 25.4 Å². The van der Waals surface area contributed by atoms with E-state index in [2.05, 4.69) is 10.6 Å². The van der Waals surface area contributed by atoms with Gasteiger partial charge in [-0.2, -0.15) is 0 Å². The minimum atomic E-state index is -1.25. The highest BCUT2D eigenvalue weighted by atomic mass is 35.5. The zero-order valence-electron chi connectivity index (χ0n) is 12.2. The molecule has 5 N–H and O–H groups in total. The Morgan fingerprint density at radius 1 is 1.10 bits per heavy atom. The van der Waals surface area contributed by atoms with Crippen LogP contribution in [-0.2, 0) is 4.79 Å². The summed E-state index contributed by atoms with van der Waals surface area (Å²) < 4.78 is 0. The van der Waals surface area contributed by atoms with E-state index in [1.165, 1.54) is 0 Å². The number of aliphatic hydroxyl groups excluding tert-OH is 3. The van der Waals surface area contributed by atoms with E-state index in [0.29, 0.717) is 0 Å². The third-order valence-electron chi connectivity index (χ3n) is 3.28. The number of carbonyl (C=O) groups excluding carboxylic acids is 1. The third-order valence-corrected chi connectivity index (χ3v) is 3.28. The zero-order chi connectivity index (χ0) is 15.2. The van der Waals surface area contributed by atoms with E-state index in [0.717, 1.165) is 16.8 Å². The maximum absolute atomic E-state index is 11.9. The van der Waals surface area contributed by atoms with Crippen LogP contribution in [0.3, 0.4) is 0 Å². The molecular weight excluding hydrogens is 296 g/mol. The first-order valence-electron chi connectivity index (χ1n) is 6.41. The molecule has 0 aliphatic heterocycles. The molecule has 0 fully saturated rings. The monoisotopic (exact) mass is 318 g/mol. The van der Waals surface area contributed by atoms with Crippen LogP contribution in [0.2, 0.25) is 0 Å². The lowest BCUT2D eigenvalue weighted by Crippen LogP contribution is -2.56. The predicted octanol–water partition coefficient (Wildman–Crippen LogP) is -0.0310. The summed E-state index contributed by atoms with van der Waals surface area (Å²) >= 11 is 0. The van der Waals surface area contributed by atoms with Crippen molar-refractivity contribution in [1.29, 1.82) is 0 Å². The number of halogens is 1. The quantitative estimate of drug-likeness (QED) is 0.486. The number of anilines is 1. The maximum Gasteiger partial charge on any atom is 0.238 e. The number of hydrogen-bond acceptors (Lipinski definition) is 5. The summed E-state index contributed by atoms with van der Waals surface area (Å²) in [6.07, 6.45) is 0. The Hall–Kier alpha value is -1.18. The van der Waals surface area contributed by atoms with Crippen molar-refractivity contribution in [3.63, 3.8) is 0 Å². The molecule has 0 heterocycles. The van der Waals surface area contributed by atoms with E-state index in [9.17, 15) is 4.79 Å². The molecule has 1 aromatic carbocycles. The highest BCUT2D eigenvalue weighted by Crippen LogP contribution is 2.19. The largest absolute Gasteiger partial charge is 0.394 e. The molecule has 21 heavy (non-hydrogen) atoms. The number of carbonyl (C=O) groups is 1. The highest BCUT2D eigenvalue weighted by Gasteiger charge is 2.28. The lowest BCUT2D eigenvalue weighted by atomic mass is 10.0. The van der Waals surface area contributed by atoms with Crippen LogP contribution in [0.1, 0.15) is 11.1 Å². The summed E-state index contributed by atoms with van der Waals surface area (Å²) in [5.41, 5.74) is 1.41. The van der Waals surface area contributed by atoms with E-state index in [1.54, 1.807) is 0 Å². The third kappa shape index (κ3) is 5.26. The summed E-state index contributed by atoms with van der Waals surface area (Å²) in [5.74, 6) is -0.304. The fourth-order valence-corrected chi connectivity index (χ4v) is 1.78. The van der Waals surface area contributed by atoms with Crippen molar-refractivity contribution in [3.8, 4) is 0 Å². The van der Waals surface area contributed by atoms with Crippen LogP contribution in [0.4, 0.5) is 5.69 Å². The second kappa shape index (κ2) is 8.96. The molecule has 120 valence electrons. The number of amides is 1. The summed E-state index contributed by atoms with van der Waals surface area (Å²) in [5, 5.41) is 32.9. The molecule has 0 saturated carbocycles. The van der Waals surface area contributed by atoms with E-state index in [-0.39, 0.29) is 24.9 Å². The summed E-state index contributed by atoms with van der Waals surface area (Å²) in [6.45, 7) is 2.30. The lowest BCUT2D eigenvalue weighted by Gasteiger charge is -2.28. The van der Waals surface area contributed by atoms with E-state index in [4.69, 9.17) is 15.3 Å². The van der Waals surface area contributed by atoms with Crippen molar-refractivity contribution in [2.75, 3.05) is 31.7 Å². The summed E-state index contributed by atoms with van der Waals surface area (Å²) in [7, 11) is 0. The predicted molar refractivity (Wildman–Crippen MR) is 83.8 cm³/mol. The average molecular weight is 319 g/mol. The van der Waals surface area contributed by atoms with Crippen LogP contribution in [0.5, 0.6) is 0 Å². The normalized spacial score (nSPS) is 10.9. The molecule has 0 radical (unpaired) electrons. The van der Waals surface area contributed by atoms with Crippen molar-refractivity contribution in [3.05, 3.63) is 29.3 Å². The van der Waals surface area contributed by atoms with Gasteiger partial charge in [0.05, 0.1) is 31.9 Å². The number of nitrogens with one attached hydrogen (secondary N) is 2. The molecule has 0 aliphatic rings. The Morgan fingerprint density at radius 2 is 1.57 bits per heavy atom. The number of para-hydroxylation sites is 1. The fraction of sp³-hybridized carbons (Fsp3) is 0.500. The van der Waals surface area contributed by atoms with Gasteiger partial charge in [0.15, 0.2) is 0 Å². The van der Waals surface area contributed by atoms with Gasteiger partial charge in [-0.1, -0.05) is 18.2 Å². The van der Waals surface area contributed by atoms with Gasteiger partial charge < -0.3 is 20.6 Å². The number of aryl methyl sites for hydroxylation is 2. The summed E-state index contributed by atoms with van der Waals surface area (Å²) in [6, 6.07) is 5.71. The zero-order valence-corrected chi connectivity index (χ0v) is 13.0. The molecule has 1 aromatic rings. The summed E-state index contributed by atoms with van der Waals surface area (Å²) in [4.78, 5) is 11.9. The van der Waals surface area contributed by atoms with Crippen molar-refractivity contribution in [1.82, 2.24) is 5.32 Å². The van der Waals surface area contributed by atoms with Crippen LogP contribution in [0, 0.1) is 13.8 Å². The SMILES string of the molecule is Cc1cccc(C)c1NC(=O)CNC(CO)(CO)CO.Cl. The van der Waals surface area contributed by atoms with E-state index >= 15 is 0 Å². The average Bonchev–Trinajstić information content (AvgIpc) is 2.45. The number of benzene rings is 1. The Labute approximate surface area is 130 Å². The van der Waals surface area contributed by atoms with Gasteiger partial charge in [0.25, 0.3) is 0 Å². The molecule has 1 amide bonds. The van der Waals surface area contributed by atoms with Gasteiger partial charge >= 0.3 is 0 Å². The molecule has 0 aliphatic carbocycles. The van der Waals surface area contributed by atoms with Crippen LogP contribution < -0.4 is 10.6 Å². The highest BCUT2D eigenvalue weighted by molar-refractivity contribution is 5.93. The molecule has 7 heteroatoms. The molecular formula is C14H23ClN2O4. The topological polar surface area (TPSA) is 102 Å². The fourth-order valence-electron chi connectivity index (χ4n) is 1.78. The molecule has 0 aromatic heterocycles. The Balaban J connectivity index is 0.00000400. The Kier molecular flexibility index (Phi) is 8.46. The van der Waals surface area contributed by atoms with Crippen molar-refractivity contribution < 1.29 is 20.1 Å². The minimum absolute atomic E-state index is 0. The molecule has 0 saturated heterocycles. The van der Waals surface area contributed by atoms with Crippen molar-refractivity contribution in [2.45, 2.75) is 19.4 Å². The van der Waals surface area contributed by atoms with Gasteiger partial charge in [-0.25, -0.2) is 0 Å². The minimum Gasteiger partial charge on any atom is -0.394 e. The first kappa shape index (κ1) is 19.8. The smallest absolute Gasteiger partial charge is 0.238 e. The maximum atomic E-state index is 11.9. The number of hydrogen-bond donors (Lipinski definition) is 5. The van der Waals surface area contributed by atoms with Crippen LogP contribution in [0.15, 0.2) is 18.2 Å².